The summed E-state index contributed by atoms with van der Waals surface area (Å²) in [5, 5.41) is 13.2. The van der Waals surface area contributed by atoms with E-state index in [0.717, 1.165) is 23.4 Å². The first-order valence-corrected chi connectivity index (χ1v) is 7.18. The van der Waals surface area contributed by atoms with E-state index in [9.17, 15) is 5.11 Å². The molecular formula is C17H29NO2. The first-order chi connectivity index (χ1) is 8.98. The van der Waals surface area contributed by atoms with E-state index in [2.05, 4.69) is 38.2 Å². The molecule has 0 saturated heterocycles. The summed E-state index contributed by atoms with van der Waals surface area (Å²) in [5.41, 5.74) is 2.77. The normalized spacial score (nSPS) is 12.6. The van der Waals surface area contributed by atoms with E-state index in [4.69, 9.17) is 4.74 Å². The van der Waals surface area contributed by atoms with Gasteiger partial charge in [-0.15, -0.1) is 0 Å². The molecule has 0 aliphatic carbocycles. The van der Waals surface area contributed by atoms with Crippen molar-refractivity contribution in [1.82, 2.24) is 5.32 Å². The molecule has 2 N–H and O–H groups in total. The molecule has 1 aromatic rings. The van der Waals surface area contributed by atoms with Crippen molar-refractivity contribution in [1.29, 1.82) is 0 Å². The minimum Gasteiger partial charge on any atom is -0.490 e. The van der Waals surface area contributed by atoms with Crippen LogP contribution in [-0.2, 0) is 6.54 Å². The van der Waals surface area contributed by atoms with Gasteiger partial charge in [0.1, 0.15) is 12.4 Å². The summed E-state index contributed by atoms with van der Waals surface area (Å²) < 4.78 is 5.76. The van der Waals surface area contributed by atoms with E-state index in [-0.39, 0.29) is 5.54 Å². The van der Waals surface area contributed by atoms with Crippen molar-refractivity contribution in [2.24, 2.45) is 0 Å². The summed E-state index contributed by atoms with van der Waals surface area (Å²) in [7, 11) is 0. The van der Waals surface area contributed by atoms with E-state index in [1.165, 1.54) is 5.56 Å². The van der Waals surface area contributed by atoms with Gasteiger partial charge in [-0.05, 0) is 65.2 Å². The van der Waals surface area contributed by atoms with Crippen LogP contribution in [0, 0.1) is 13.8 Å². The fourth-order valence-electron chi connectivity index (χ4n) is 1.99. The highest BCUT2D eigenvalue weighted by molar-refractivity contribution is 5.43. The van der Waals surface area contributed by atoms with Crippen molar-refractivity contribution in [3.63, 3.8) is 0 Å². The third-order valence-electron chi connectivity index (χ3n) is 2.91. The second-order valence-corrected chi connectivity index (χ2v) is 7.26. The topological polar surface area (TPSA) is 41.5 Å². The Kier molecular flexibility index (Phi) is 5.22. The number of nitrogens with one attached hydrogen (secondary N) is 1. The number of rotatable bonds is 5. The molecule has 0 atom stereocenters. The zero-order chi connectivity index (χ0) is 15.6. The van der Waals surface area contributed by atoms with Crippen molar-refractivity contribution in [3.8, 4) is 5.75 Å². The van der Waals surface area contributed by atoms with Crippen LogP contribution in [-0.4, -0.2) is 22.9 Å². The van der Waals surface area contributed by atoms with Gasteiger partial charge >= 0.3 is 0 Å². The van der Waals surface area contributed by atoms with E-state index in [1.54, 1.807) is 13.8 Å². The molecule has 0 aliphatic rings. The number of aliphatic hydroxyl groups is 1. The molecule has 0 fully saturated rings. The minimum atomic E-state index is -0.814. The number of benzene rings is 1. The molecule has 0 radical (unpaired) electrons. The lowest BCUT2D eigenvalue weighted by molar-refractivity contribution is 0.0280. The lowest BCUT2D eigenvalue weighted by Crippen LogP contribution is -2.35. The zero-order valence-electron chi connectivity index (χ0n) is 13.9. The first kappa shape index (κ1) is 17.0. The average Bonchev–Trinajstić information content (AvgIpc) is 2.22. The average molecular weight is 279 g/mol. The monoisotopic (exact) mass is 279 g/mol. The summed E-state index contributed by atoms with van der Waals surface area (Å²) >= 11 is 0. The molecule has 0 aliphatic heterocycles. The summed E-state index contributed by atoms with van der Waals surface area (Å²) in [6.07, 6.45) is 0. The summed E-state index contributed by atoms with van der Waals surface area (Å²) in [6.45, 7) is 15.2. The van der Waals surface area contributed by atoms with Crippen LogP contribution in [0.15, 0.2) is 12.1 Å². The maximum Gasteiger partial charge on any atom is 0.125 e. The molecule has 1 aromatic carbocycles. The van der Waals surface area contributed by atoms with Crippen molar-refractivity contribution >= 4 is 0 Å². The van der Waals surface area contributed by atoms with Crippen LogP contribution in [0.3, 0.4) is 0 Å². The number of aryl methyl sites for hydroxylation is 2. The van der Waals surface area contributed by atoms with E-state index in [0.29, 0.717) is 6.61 Å². The molecule has 0 aromatic heterocycles. The van der Waals surface area contributed by atoms with Crippen LogP contribution >= 0.6 is 0 Å². The van der Waals surface area contributed by atoms with Crippen molar-refractivity contribution in [3.05, 3.63) is 28.8 Å². The van der Waals surface area contributed by atoms with Gasteiger partial charge < -0.3 is 15.2 Å². The predicted molar refractivity (Wildman–Crippen MR) is 84.3 cm³/mol. The molecular weight excluding hydrogens is 250 g/mol. The maximum atomic E-state index is 9.75. The molecule has 1 rings (SSSR count). The van der Waals surface area contributed by atoms with Crippen LogP contribution < -0.4 is 10.1 Å². The third kappa shape index (κ3) is 5.93. The second kappa shape index (κ2) is 6.15. The lowest BCUT2D eigenvalue weighted by Gasteiger charge is -2.23. The maximum absolute atomic E-state index is 9.75. The third-order valence-corrected chi connectivity index (χ3v) is 2.91. The van der Waals surface area contributed by atoms with E-state index >= 15 is 0 Å². The van der Waals surface area contributed by atoms with Crippen LogP contribution in [0.1, 0.15) is 51.3 Å². The predicted octanol–water partition coefficient (Wildman–Crippen LogP) is 3.34. The van der Waals surface area contributed by atoms with Crippen molar-refractivity contribution < 1.29 is 9.84 Å². The van der Waals surface area contributed by atoms with Gasteiger partial charge in [-0.2, -0.15) is 0 Å². The Bertz CT molecular complexity index is 430. The molecule has 3 heteroatoms. The molecule has 114 valence electrons. The van der Waals surface area contributed by atoms with Crippen molar-refractivity contribution in [2.45, 2.75) is 66.2 Å². The summed E-state index contributed by atoms with van der Waals surface area (Å²) in [6, 6.07) is 4.29. The largest absolute Gasteiger partial charge is 0.490 e. The number of hydrogen-bond donors (Lipinski definition) is 2. The van der Waals surface area contributed by atoms with Crippen LogP contribution in [0.4, 0.5) is 0 Å². The molecule has 0 saturated carbocycles. The molecule has 0 spiro atoms. The van der Waals surface area contributed by atoms with Crippen LogP contribution in [0.5, 0.6) is 5.75 Å². The van der Waals surface area contributed by atoms with E-state index < -0.39 is 5.60 Å². The highest BCUT2D eigenvalue weighted by Gasteiger charge is 2.16. The van der Waals surface area contributed by atoms with Gasteiger partial charge in [-0.25, -0.2) is 0 Å². The smallest absolute Gasteiger partial charge is 0.125 e. The number of hydrogen-bond acceptors (Lipinski definition) is 3. The van der Waals surface area contributed by atoms with Crippen molar-refractivity contribution in [2.75, 3.05) is 6.61 Å². The summed E-state index contributed by atoms with van der Waals surface area (Å²) in [5.74, 6) is 0.881. The molecule has 20 heavy (non-hydrogen) atoms. The Morgan fingerprint density at radius 3 is 1.95 bits per heavy atom. The van der Waals surface area contributed by atoms with Gasteiger partial charge in [-0.3, -0.25) is 0 Å². The highest BCUT2D eigenvalue weighted by atomic mass is 16.5. The first-order valence-electron chi connectivity index (χ1n) is 7.18. The Labute approximate surface area is 123 Å². The van der Waals surface area contributed by atoms with Gasteiger partial charge in [0, 0.05) is 12.1 Å². The molecule has 3 nitrogen and oxygen atoms in total. The van der Waals surface area contributed by atoms with Gasteiger partial charge in [0.25, 0.3) is 0 Å². The van der Waals surface area contributed by atoms with Gasteiger partial charge in [0.2, 0.25) is 0 Å². The zero-order valence-corrected chi connectivity index (χ0v) is 13.9. The SMILES string of the molecule is Cc1cc(CNC(C)(C)C)cc(C)c1OCC(C)(C)O. The molecule has 0 amide bonds. The Morgan fingerprint density at radius 1 is 1.05 bits per heavy atom. The van der Waals surface area contributed by atoms with Crippen LogP contribution in [0.25, 0.3) is 0 Å². The molecule has 0 unspecified atom stereocenters. The summed E-state index contributed by atoms with van der Waals surface area (Å²) in [4.78, 5) is 0. The second-order valence-electron chi connectivity index (χ2n) is 7.26. The quantitative estimate of drug-likeness (QED) is 0.868. The standard InChI is InChI=1S/C17H29NO2/c1-12-8-14(10-18-16(3,4)5)9-13(2)15(12)20-11-17(6,7)19/h8-9,18-19H,10-11H2,1-7H3. The fraction of sp³-hybridized carbons (Fsp3) is 0.647. The van der Waals surface area contributed by atoms with Crippen LogP contribution in [0.2, 0.25) is 0 Å². The number of ether oxygens (including phenoxy) is 1. The Morgan fingerprint density at radius 2 is 1.55 bits per heavy atom. The Hall–Kier alpha value is -1.06. The van der Waals surface area contributed by atoms with Gasteiger partial charge in [0.05, 0.1) is 5.60 Å². The Balaban J connectivity index is 2.81. The fourth-order valence-corrected chi connectivity index (χ4v) is 1.99. The highest BCUT2D eigenvalue weighted by Crippen LogP contribution is 2.26. The minimum absolute atomic E-state index is 0.109. The molecule has 0 heterocycles. The van der Waals surface area contributed by atoms with E-state index in [1.807, 2.05) is 13.8 Å². The molecule has 0 bridgehead atoms. The lowest BCUT2D eigenvalue weighted by atomic mass is 10.0. The van der Waals surface area contributed by atoms with Gasteiger partial charge in [0.15, 0.2) is 0 Å². The van der Waals surface area contributed by atoms with Gasteiger partial charge in [-0.1, -0.05) is 12.1 Å².